The van der Waals surface area contributed by atoms with E-state index in [1.807, 2.05) is 13.1 Å². The van der Waals surface area contributed by atoms with E-state index in [0.29, 0.717) is 5.15 Å². The van der Waals surface area contributed by atoms with Gasteiger partial charge < -0.3 is 4.90 Å². The molecule has 2 aromatic rings. The normalized spacial score (nSPS) is 12.4. The molecule has 0 spiro atoms. The van der Waals surface area contributed by atoms with E-state index in [1.54, 1.807) is 17.5 Å². The maximum Gasteiger partial charge on any atom is 0.149 e. The molecule has 2 heterocycles. The van der Waals surface area contributed by atoms with Crippen LogP contribution in [0.4, 0.5) is 5.82 Å². The minimum absolute atomic E-state index is 0.271. The molecule has 16 heavy (non-hydrogen) atoms. The summed E-state index contributed by atoms with van der Waals surface area (Å²) in [5.74, 6) is 0.786. The highest BCUT2D eigenvalue weighted by molar-refractivity contribution is 7.10. The summed E-state index contributed by atoms with van der Waals surface area (Å²) in [4.78, 5) is 11.6. The monoisotopic (exact) mass is 253 g/mol. The van der Waals surface area contributed by atoms with Crippen LogP contribution < -0.4 is 4.90 Å². The Hall–Kier alpha value is -1.13. The average Bonchev–Trinajstić information content (AvgIpc) is 2.80. The second-order valence-corrected chi connectivity index (χ2v) is 4.87. The minimum atomic E-state index is 0.271. The Balaban J connectivity index is 2.22. The third-order valence-corrected chi connectivity index (χ3v) is 3.71. The van der Waals surface area contributed by atoms with Crippen LogP contribution in [-0.4, -0.2) is 17.0 Å². The van der Waals surface area contributed by atoms with Gasteiger partial charge in [0.15, 0.2) is 0 Å². The zero-order chi connectivity index (χ0) is 11.5. The Morgan fingerprint density at radius 1 is 1.44 bits per heavy atom. The standard InChI is InChI=1S/C11H12ClN3S/c1-8(9-4-3-5-16-9)15(2)11-7-13-6-10(12)14-11/h3-8H,1-2H3. The van der Waals surface area contributed by atoms with E-state index in [4.69, 9.17) is 11.6 Å². The quantitative estimate of drug-likeness (QED) is 0.840. The molecule has 0 saturated carbocycles. The van der Waals surface area contributed by atoms with E-state index < -0.39 is 0 Å². The topological polar surface area (TPSA) is 29.0 Å². The predicted octanol–water partition coefficient (Wildman–Crippen LogP) is 3.39. The first-order valence-electron chi connectivity index (χ1n) is 4.92. The Kier molecular flexibility index (Phi) is 3.41. The zero-order valence-electron chi connectivity index (χ0n) is 9.09. The van der Waals surface area contributed by atoms with E-state index in [-0.39, 0.29) is 6.04 Å². The van der Waals surface area contributed by atoms with Gasteiger partial charge in [-0.2, -0.15) is 0 Å². The molecule has 0 aliphatic heterocycles. The molecule has 0 amide bonds. The number of anilines is 1. The highest BCUT2D eigenvalue weighted by Crippen LogP contribution is 2.26. The number of hydrogen-bond acceptors (Lipinski definition) is 4. The molecule has 0 fully saturated rings. The van der Waals surface area contributed by atoms with Crippen LogP contribution in [0.5, 0.6) is 0 Å². The van der Waals surface area contributed by atoms with Crippen LogP contribution in [0.3, 0.4) is 0 Å². The molecule has 0 N–H and O–H groups in total. The predicted molar refractivity (Wildman–Crippen MR) is 68.2 cm³/mol. The molecule has 2 aromatic heterocycles. The zero-order valence-corrected chi connectivity index (χ0v) is 10.7. The van der Waals surface area contributed by atoms with Crippen LogP contribution in [0.2, 0.25) is 5.15 Å². The summed E-state index contributed by atoms with van der Waals surface area (Å²) in [5, 5.41) is 2.49. The summed E-state index contributed by atoms with van der Waals surface area (Å²) in [6.07, 6.45) is 3.25. The molecule has 2 rings (SSSR count). The fourth-order valence-corrected chi connectivity index (χ4v) is 2.39. The molecule has 0 aliphatic rings. The van der Waals surface area contributed by atoms with Crippen molar-refractivity contribution in [2.45, 2.75) is 13.0 Å². The number of halogens is 1. The molecule has 0 radical (unpaired) electrons. The smallest absolute Gasteiger partial charge is 0.149 e. The molecule has 0 saturated heterocycles. The van der Waals surface area contributed by atoms with Crippen LogP contribution in [0.25, 0.3) is 0 Å². The Morgan fingerprint density at radius 3 is 2.88 bits per heavy atom. The van der Waals surface area contributed by atoms with E-state index in [2.05, 4.69) is 33.2 Å². The van der Waals surface area contributed by atoms with E-state index in [1.165, 1.54) is 11.1 Å². The number of aromatic nitrogens is 2. The molecule has 1 unspecified atom stereocenters. The summed E-state index contributed by atoms with van der Waals surface area (Å²) >= 11 is 7.56. The summed E-state index contributed by atoms with van der Waals surface area (Å²) in [7, 11) is 1.99. The molecule has 1 atom stereocenters. The van der Waals surface area contributed by atoms with Gasteiger partial charge in [-0.3, -0.25) is 4.98 Å². The second-order valence-electron chi connectivity index (χ2n) is 3.50. The lowest BCUT2D eigenvalue weighted by molar-refractivity contribution is 0.739. The average molecular weight is 254 g/mol. The number of rotatable bonds is 3. The lowest BCUT2D eigenvalue weighted by Gasteiger charge is -2.24. The van der Waals surface area contributed by atoms with Gasteiger partial charge >= 0.3 is 0 Å². The molecule has 5 heteroatoms. The molecule has 3 nitrogen and oxygen atoms in total. The largest absolute Gasteiger partial charge is 0.351 e. The van der Waals surface area contributed by atoms with Gasteiger partial charge in [0.25, 0.3) is 0 Å². The van der Waals surface area contributed by atoms with Crippen molar-refractivity contribution >= 4 is 28.8 Å². The van der Waals surface area contributed by atoms with Gasteiger partial charge in [0, 0.05) is 11.9 Å². The maximum atomic E-state index is 5.82. The molecule has 0 aliphatic carbocycles. The van der Waals surface area contributed by atoms with Crippen molar-refractivity contribution in [3.8, 4) is 0 Å². The van der Waals surface area contributed by atoms with Gasteiger partial charge in [0.05, 0.1) is 18.4 Å². The fourth-order valence-electron chi connectivity index (χ4n) is 1.42. The van der Waals surface area contributed by atoms with Crippen molar-refractivity contribution in [1.29, 1.82) is 0 Å². The molecular weight excluding hydrogens is 242 g/mol. The minimum Gasteiger partial charge on any atom is -0.351 e. The summed E-state index contributed by atoms with van der Waals surface area (Å²) in [6, 6.07) is 4.44. The second kappa shape index (κ2) is 4.80. The lowest BCUT2D eigenvalue weighted by atomic mass is 10.2. The highest BCUT2D eigenvalue weighted by Gasteiger charge is 2.14. The van der Waals surface area contributed by atoms with E-state index in [0.717, 1.165) is 5.82 Å². The van der Waals surface area contributed by atoms with E-state index >= 15 is 0 Å². The third kappa shape index (κ3) is 2.33. The third-order valence-electron chi connectivity index (χ3n) is 2.49. The van der Waals surface area contributed by atoms with E-state index in [9.17, 15) is 0 Å². The fraction of sp³-hybridized carbons (Fsp3) is 0.273. The SMILES string of the molecule is CC(c1cccs1)N(C)c1cncc(Cl)n1. The lowest BCUT2D eigenvalue weighted by Crippen LogP contribution is -2.22. The van der Waals surface area contributed by atoms with Crippen molar-refractivity contribution in [2.75, 3.05) is 11.9 Å². The van der Waals surface area contributed by atoms with Crippen LogP contribution in [0.1, 0.15) is 17.8 Å². The van der Waals surface area contributed by atoms with Crippen molar-refractivity contribution in [3.05, 3.63) is 39.9 Å². The highest BCUT2D eigenvalue weighted by atomic mass is 35.5. The van der Waals surface area contributed by atoms with Crippen LogP contribution in [0.15, 0.2) is 29.9 Å². The molecule has 0 bridgehead atoms. The van der Waals surface area contributed by atoms with Crippen molar-refractivity contribution in [1.82, 2.24) is 9.97 Å². The van der Waals surface area contributed by atoms with Gasteiger partial charge in [-0.1, -0.05) is 17.7 Å². The number of nitrogens with zero attached hydrogens (tertiary/aromatic N) is 3. The van der Waals surface area contributed by atoms with Gasteiger partial charge in [0.2, 0.25) is 0 Å². The summed E-state index contributed by atoms with van der Waals surface area (Å²) in [6.45, 7) is 2.13. The van der Waals surface area contributed by atoms with Crippen LogP contribution in [-0.2, 0) is 0 Å². The summed E-state index contributed by atoms with van der Waals surface area (Å²) < 4.78 is 0. The Bertz CT molecular complexity index is 458. The first-order valence-corrected chi connectivity index (χ1v) is 6.18. The first kappa shape index (κ1) is 11.4. The van der Waals surface area contributed by atoms with Gasteiger partial charge in [-0.15, -0.1) is 11.3 Å². The Morgan fingerprint density at radius 2 is 2.25 bits per heavy atom. The van der Waals surface area contributed by atoms with Crippen molar-refractivity contribution in [3.63, 3.8) is 0 Å². The molecule has 84 valence electrons. The van der Waals surface area contributed by atoms with Gasteiger partial charge in [-0.25, -0.2) is 4.98 Å². The maximum absolute atomic E-state index is 5.82. The number of hydrogen-bond donors (Lipinski definition) is 0. The number of thiophene rings is 1. The molecule has 0 aromatic carbocycles. The Labute approximate surface area is 104 Å². The first-order chi connectivity index (χ1) is 7.68. The summed E-state index contributed by atoms with van der Waals surface area (Å²) in [5.41, 5.74) is 0. The van der Waals surface area contributed by atoms with Crippen LogP contribution in [0, 0.1) is 0 Å². The van der Waals surface area contributed by atoms with Crippen LogP contribution >= 0.6 is 22.9 Å². The van der Waals surface area contributed by atoms with Crippen molar-refractivity contribution in [2.24, 2.45) is 0 Å². The molecular formula is C11H12ClN3S. The van der Waals surface area contributed by atoms with Gasteiger partial charge in [0.1, 0.15) is 11.0 Å². The van der Waals surface area contributed by atoms with Crippen molar-refractivity contribution < 1.29 is 0 Å². The van der Waals surface area contributed by atoms with Gasteiger partial charge in [-0.05, 0) is 18.4 Å².